The summed E-state index contributed by atoms with van der Waals surface area (Å²) in [7, 11) is -3.74. The Kier molecular flexibility index (Phi) is 4.72. The zero-order valence-electron chi connectivity index (χ0n) is 17.7. The van der Waals surface area contributed by atoms with Crippen molar-refractivity contribution < 1.29 is 13.2 Å². The Morgan fingerprint density at radius 1 is 1.16 bits per heavy atom. The molecule has 0 bridgehead atoms. The van der Waals surface area contributed by atoms with Gasteiger partial charge in [0.2, 0.25) is 0 Å². The van der Waals surface area contributed by atoms with Gasteiger partial charge in [-0.05, 0) is 68.1 Å². The number of benzene rings is 2. The Morgan fingerprint density at radius 3 is 2.69 bits per heavy atom. The molecule has 8 heteroatoms. The molecule has 2 aromatic carbocycles. The molecule has 6 nitrogen and oxygen atoms in total. The van der Waals surface area contributed by atoms with Crippen LogP contribution in [0.4, 0.5) is 5.69 Å². The molecule has 0 aliphatic carbocycles. The van der Waals surface area contributed by atoms with E-state index >= 15 is 0 Å². The maximum absolute atomic E-state index is 13.4. The number of thioether (sulfide) groups is 1. The lowest BCUT2D eigenvalue weighted by Gasteiger charge is -2.41. The van der Waals surface area contributed by atoms with Gasteiger partial charge in [-0.25, -0.2) is 8.42 Å². The maximum Gasteiger partial charge on any atom is 0.195 e. The van der Waals surface area contributed by atoms with Crippen molar-refractivity contribution in [1.29, 1.82) is 5.26 Å². The number of ether oxygens (including phenoxy) is 1. The van der Waals surface area contributed by atoms with Gasteiger partial charge < -0.3 is 15.0 Å². The third kappa shape index (κ3) is 3.06. The fraction of sp³-hybridized carbons (Fsp3) is 0.458. The van der Waals surface area contributed by atoms with Crippen LogP contribution >= 0.6 is 11.8 Å². The van der Waals surface area contributed by atoms with Gasteiger partial charge in [-0.1, -0.05) is 12.1 Å². The SMILES string of the molecule is N#CC(C1CS1)S(=O)(=O)c1ccc2c(c1)C1N(CCC13CCNCC3)c1ccccc1O2. The first-order valence-corrected chi connectivity index (χ1v) is 13.8. The number of nitrogens with zero attached hydrogens (tertiary/aromatic N) is 2. The summed E-state index contributed by atoms with van der Waals surface area (Å²) in [5.74, 6) is 2.26. The molecular formula is C24H25N3O3S2. The first-order chi connectivity index (χ1) is 15.5. The lowest BCUT2D eigenvalue weighted by molar-refractivity contribution is 0.182. The Balaban J connectivity index is 1.52. The van der Waals surface area contributed by atoms with Gasteiger partial charge in [0.05, 0.1) is 22.7 Å². The number of hydrogen-bond donors (Lipinski definition) is 1. The molecule has 4 aliphatic rings. The van der Waals surface area contributed by atoms with Crippen LogP contribution in [-0.2, 0) is 9.84 Å². The van der Waals surface area contributed by atoms with Gasteiger partial charge in [-0.2, -0.15) is 17.0 Å². The fourth-order valence-electron chi connectivity index (χ4n) is 5.78. The quantitative estimate of drug-likeness (QED) is 0.686. The second-order valence-electron chi connectivity index (χ2n) is 9.19. The number of para-hydroxylation sites is 2. The van der Waals surface area contributed by atoms with E-state index in [0.29, 0.717) is 0 Å². The van der Waals surface area contributed by atoms with Crippen molar-refractivity contribution in [3.8, 4) is 17.6 Å². The van der Waals surface area contributed by atoms with Crippen LogP contribution in [0.5, 0.6) is 11.5 Å². The summed E-state index contributed by atoms with van der Waals surface area (Å²) >= 11 is 1.54. The number of nitrogens with one attached hydrogen (secondary N) is 1. The summed E-state index contributed by atoms with van der Waals surface area (Å²) in [6.45, 7) is 2.85. The molecule has 0 amide bonds. The van der Waals surface area contributed by atoms with Crippen LogP contribution in [0.25, 0.3) is 0 Å². The van der Waals surface area contributed by atoms with E-state index < -0.39 is 15.1 Å². The predicted molar refractivity (Wildman–Crippen MR) is 125 cm³/mol. The van der Waals surface area contributed by atoms with Crippen LogP contribution in [0, 0.1) is 16.7 Å². The third-order valence-corrected chi connectivity index (χ3v) is 10.7. The Hall–Kier alpha value is -2.21. The predicted octanol–water partition coefficient (Wildman–Crippen LogP) is 3.89. The first-order valence-electron chi connectivity index (χ1n) is 11.2. The second kappa shape index (κ2) is 7.41. The van der Waals surface area contributed by atoms with Gasteiger partial charge in [0.15, 0.2) is 20.8 Å². The van der Waals surface area contributed by atoms with Crippen LogP contribution in [0.3, 0.4) is 0 Å². The average Bonchev–Trinajstić information content (AvgIpc) is 3.59. The highest BCUT2D eigenvalue weighted by Crippen LogP contribution is 2.59. The number of sulfone groups is 1. The van der Waals surface area contributed by atoms with Gasteiger partial charge in [0, 0.05) is 23.1 Å². The summed E-state index contributed by atoms with van der Waals surface area (Å²) < 4.78 is 33.2. The number of nitriles is 1. The molecule has 3 atom stereocenters. The molecular weight excluding hydrogens is 442 g/mol. The summed E-state index contributed by atoms with van der Waals surface area (Å²) in [6.07, 6.45) is 3.17. The number of fused-ring (bicyclic) bond motifs is 6. The minimum absolute atomic E-state index is 0.0502. The molecule has 6 rings (SSSR count). The third-order valence-electron chi connectivity index (χ3n) is 7.50. The van der Waals surface area contributed by atoms with Crippen LogP contribution in [-0.4, -0.2) is 44.3 Å². The minimum atomic E-state index is -3.74. The van der Waals surface area contributed by atoms with E-state index in [4.69, 9.17) is 4.74 Å². The van der Waals surface area contributed by atoms with Crippen molar-refractivity contribution in [3.05, 3.63) is 48.0 Å². The van der Waals surface area contributed by atoms with Crippen molar-refractivity contribution in [2.45, 2.75) is 40.7 Å². The highest BCUT2D eigenvalue weighted by molar-refractivity contribution is 8.08. The fourth-order valence-corrected chi connectivity index (χ4v) is 8.60. The second-order valence-corrected chi connectivity index (χ2v) is 12.5. The van der Waals surface area contributed by atoms with E-state index in [2.05, 4.69) is 22.4 Å². The zero-order chi connectivity index (χ0) is 21.9. The molecule has 3 saturated heterocycles. The van der Waals surface area contributed by atoms with E-state index in [1.54, 1.807) is 18.2 Å². The molecule has 4 heterocycles. The van der Waals surface area contributed by atoms with Gasteiger partial charge >= 0.3 is 0 Å². The highest BCUT2D eigenvalue weighted by Gasteiger charge is 2.51. The topological polar surface area (TPSA) is 82.4 Å². The van der Waals surface area contributed by atoms with Crippen molar-refractivity contribution >= 4 is 27.3 Å². The Labute approximate surface area is 192 Å². The molecule has 0 saturated carbocycles. The molecule has 3 unspecified atom stereocenters. The largest absolute Gasteiger partial charge is 0.455 e. The smallest absolute Gasteiger partial charge is 0.195 e. The van der Waals surface area contributed by atoms with Gasteiger partial charge in [-0.3, -0.25) is 0 Å². The van der Waals surface area contributed by atoms with E-state index in [1.807, 2.05) is 18.2 Å². The lowest BCUT2D eigenvalue weighted by Crippen LogP contribution is -2.41. The Morgan fingerprint density at radius 2 is 1.94 bits per heavy atom. The van der Waals surface area contributed by atoms with E-state index in [9.17, 15) is 13.7 Å². The van der Waals surface area contributed by atoms with Crippen LogP contribution in [0.1, 0.15) is 30.9 Å². The monoisotopic (exact) mass is 467 g/mol. The highest BCUT2D eigenvalue weighted by atomic mass is 32.2. The average molecular weight is 468 g/mol. The normalized spacial score (nSPS) is 26.2. The molecule has 3 fully saturated rings. The van der Waals surface area contributed by atoms with Gasteiger partial charge in [0.1, 0.15) is 5.75 Å². The Bertz CT molecular complexity index is 1210. The standard InChI is InChI=1S/C24H25N3O3S2/c25-14-22(21-15-31-21)32(28,29)16-5-6-19-17(13-16)23-24(7-10-26-11-8-24)9-12-27(23)18-3-1-2-4-20(18)30-19/h1-6,13,21-23,26H,7-12,15H2. The van der Waals surface area contributed by atoms with E-state index in [-0.39, 0.29) is 21.6 Å². The van der Waals surface area contributed by atoms with Gasteiger partial charge in [-0.15, -0.1) is 0 Å². The van der Waals surface area contributed by atoms with Crippen LogP contribution in [0.2, 0.25) is 0 Å². The number of rotatable bonds is 3. The van der Waals surface area contributed by atoms with E-state index in [0.717, 1.165) is 67.4 Å². The number of anilines is 1. The first kappa shape index (κ1) is 20.4. The van der Waals surface area contributed by atoms with Crippen molar-refractivity contribution in [1.82, 2.24) is 5.32 Å². The molecule has 1 spiro atoms. The zero-order valence-corrected chi connectivity index (χ0v) is 19.3. The van der Waals surface area contributed by atoms with Crippen LogP contribution < -0.4 is 15.0 Å². The number of piperidine rings is 1. The summed E-state index contributed by atoms with van der Waals surface area (Å²) in [5, 5.41) is 12.0. The molecule has 166 valence electrons. The molecule has 32 heavy (non-hydrogen) atoms. The molecule has 0 radical (unpaired) electrons. The minimum Gasteiger partial charge on any atom is -0.455 e. The van der Waals surface area contributed by atoms with Crippen molar-refractivity contribution in [3.63, 3.8) is 0 Å². The summed E-state index contributed by atoms with van der Waals surface area (Å²) in [6, 6.07) is 15.4. The maximum atomic E-state index is 13.4. The molecule has 1 N–H and O–H groups in total. The van der Waals surface area contributed by atoms with Crippen molar-refractivity contribution in [2.75, 3.05) is 30.3 Å². The van der Waals surface area contributed by atoms with Crippen LogP contribution in [0.15, 0.2) is 47.4 Å². The summed E-state index contributed by atoms with van der Waals surface area (Å²) in [5.41, 5.74) is 2.07. The molecule has 2 aromatic rings. The molecule has 4 aliphatic heterocycles. The number of hydrogen-bond acceptors (Lipinski definition) is 7. The lowest BCUT2D eigenvalue weighted by atomic mass is 9.70. The van der Waals surface area contributed by atoms with E-state index in [1.165, 1.54) is 11.8 Å². The van der Waals surface area contributed by atoms with Crippen molar-refractivity contribution in [2.24, 2.45) is 5.41 Å². The van der Waals surface area contributed by atoms with Gasteiger partial charge in [0.25, 0.3) is 0 Å². The summed E-state index contributed by atoms with van der Waals surface area (Å²) in [4.78, 5) is 2.65. The molecule has 0 aromatic heterocycles.